The van der Waals surface area contributed by atoms with Gasteiger partial charge in [-0.2, -0.15) is 0 Å². The standard InChI is InChI=1S/C20H28N4O4S/c1-14(2)12-24-19(23-7-9-28-10-8-23)21-22-20(24)29-13-17(25)16-11-15(26-3)5-6-18(16)27-4/h5-6,11,14H,7-10,12-13H2,1-4H3. The highest BCUT2D eigenvalue weighted by Gasteiger charge is 2.22. The normalized spacial score (nSPS) is 14.3. The molecule has 1 aliphatic heterocycles. The van der Waals surface area contributed by atoms with Crippen molar-refractivity contribution in [1.29, 1.82) is 0 Å². The number of carbonyl (C=O) groups excluding carboxylic acids is 1. The van der Waals surface area contributed by atoms with E-state index in [0.29, 0.717) is 36.2 Å². The molecular formula is C20H28N4O4S. The minimum Gasteiger partial charge on any atom is -0.497 e. The molecule has 0 atom stereocenters. The summed E-state index contributed by atoms with van der Waals surface area (Å²) in [7, 11) is 3.13. The van der Waals surface area contributed by atoms with Crippen LogP contribution in [0.4, 0.5) is 5.95 Å². The van der Waals surface area contributed by atoms with Gasteiger partial charge in [-0.1, -0.05) is 25.6 Å². The number of nitrogens with zero attached hydrogens (tertiary/aromatic N) is 4. The third-order valence-electron chi connectivity index (χ3n) is 4.58. The summed E-state index contributed by atoms with van der Waals surface area (Å²) in [5.74, 6) is 2.63. The van der Waals surface area contributed by atoms with E-state index in [1.165, 1.54) is 11.8 Å². The number of hydrogen-bond donors (Lipinski definition) is 0. The average molecular weight is 421 g/mol. The van der Waals surface area contributed by atoms with Crippen LogP contribution in [-0.4, -0.2) is 66.8 Å². The van der Waals surface area contributed by atoms with Crippen molar-refractivity contribution in [3.8, 4) is 11.5 Å². The number of ketones is 1. The van der Waals surface area contributed by atoms with Gasteiger partial charge < -0.3 is 19.1 Å². The van der Waals surface area contributed by atoms with E-state index in [1.807, 2.05) is 0 Å². The van der Waals surface area contributed by atoms with Gasteiger partial charge in [0.15, 0.2) is 10.9 Å². The first-order valence-electron chi connectivity index (χ1n) is 9.67. The predicted octanol–water partition coefficient (Wildman–Crippen LogP) is 2.76. The Bertz CT molecular complexity index is 834. The number of morpholine rings is 1. The molecule has 8 nitrogen and oxygen atoms in total. The summed E-state index contributed by atoms with van der Waals surface area (Å²) < 4.78 is 18.1. The highest BCUT2D eigenvalue weighted by atomic mass is 32.2. The minimum atomic E-state index is -0.0437. The van der Waals surface area contributed by atoms with Gasteiger partial charge in [-0.25, -0.2) is 0 Å². The number of anilines is 1. The average Bonchev–Trinajstić information content (AvgIpc) is 3.13. The summed E-state index contributed by atoms with van der Waals surface area (Å²) in [6.07, 6.45) is 0. The topological polar surface area (TPSA) is 78.7 Å². The summed E-state index contributed by atoms with van der Waals surface area (Å²) in [4.78, 5) is 15.1. The third-order valence-corrected chi connectivity index (χ3v) is 5.55. The van der Waals surface area contributed by atoms with Crippen molar-refractivity contribution in [3.05, 3.63) is 23.8 Å². The minimum absolute atomic E-state index is 0.0437. The SMILES string of the molecule is COc1ccc(OC)c(C(=O)CSc2nnc(N3CCOCC3)n2CC(C)C)c1. The first-order valence-corrected chi connectivity index (χ1v) is 10.7. The van der Waals surface area contributed by atoms with Crippen LogP contribution in [-0.2, 0) is 11.3 Å². The lowest BCUT2D eigenvalue weighted by Gasteiger charge is -2.28. The van der Waals surface area contributed by atoms with Gasteiger partial charge in [0.05, 0.1) is 38.7 Å². The van der Waals surface area contributed by atoms with E-state index in [-0.39, 0.29) is 11.5 Å². The fraction of sp³-hybridized carbons (Fsp3) is 0.550. The Morgan fingerprint density at radius 3 is 2.62 bits per heavy atom. The van der Waals surface area contributed by atoms with E-state index in [1.54, 1.807) is 32.4 Å². The molecule has 0 radical (unpaired) electrons. The van der Waals surface area contributed by atoms with Crippen LogP contribution in [0.15, 0.2) is 23.4 Å². The van der Waals surface area contributed by atoms with E-state index in [0.717, 1.165) is 30.7 Å². The van der Waals surface area contributed by atoms with E-state index in [2.05, 4.69) is 33.5 Å². The molecule has 0 spiro atoms. The zero-order chi connectivity index (χ0) is 20.8. The maximum atomic E-state index is 12.9. The van der Waals surface area contributed by atoms with Gasteiger partial charge in [-0.3, -0.25) is 9.36 Å². The maximum absolute atomic E-state index is 12.9. The lowest BCUT2D eigenvalue weighted by molar-refractivity contribution is 0.101. The number of benzene rings is 1. The number of rotatable bonds is 9. The highest BCUT2D eigenvalue weighted by molar-refractivity contribution is 7.99. The van der Waals surface area contributed by atoms with Crippen LogP contribution in [0.5, 0.6) is 11.5 Å². The molecule has 0 N–H and O–H groups in total. The molecule has 2 heterocycles. The van der Waals surface area contributed by atoms with Crippen molar-refractivity contribution >= 4 is 23.5 Å². The van der Waals surface area contributed by atoms with Crippen LogP contribution in [0.1, 0.15) is 24.2 Å². The Morgan fingerprint density at radius 2 is 1.97 bits per heavy atom. The van der Waals surface area contributed by atoms with Crippen molar-refractivity contribution in [2.75, 3.05) is 51.2 Å². The molecule has 29 heavy (non-hydrogen) atoms. The van der Waals surface area contributed by atoms with Crippen LogP contribution in [0, 0.1) is 5.92 Å². The molecule has 0 aliphatic carbocycles. The van der Waals surface area contributed by atoms with Crippen LogP contribution in [0.2, 0.25) is 0 Å². The molecule has 3 rings (SSSR count). The zero-order valence-electron chi connectivity index (χ0n) is 17.4. The number of methoxy groups -OCH3 is 2. The smallest absolute Gasteiger partial charge is 0.228 e. The van der Waals surface area contributed by atoms with Crippen molar-refractivity contribution in [2.45, 2.75) is 25.5 Å². The molecule has 158 valence electrons. The quantitative estimate of drug-likeness (QED) is 0.453. The number of ether oxygens (including phenoxy) is 3. The Balaban J connectivity index is 1.78. The van der Waals surface area contributed by atoms with Crippen LogP contribution < -0.4 is 14.4 Å². The Kier molecular flexibility index (Phi) is 7.38. The number of aromatic nitrogens is 3. The van der Waals surface area contributed by atoms with Crippen molar-refractivity contribution in [2.24, 2.45) is 5.92 Å². The number of carbonyl (C=O) groups is 1. The molecule has 0 bridgehead atoms. The second-order valence-electron chi connectivity index (χ2n) is 7.16. The summed E-state index contributed by atoms with van der Waals surface area (Å²) in [6.45, 7) is 8.06. The molecule has 1 aromatic carbocycles. The first kappa shape index (κ1) is 21.4. The highest BCUT2D eigenvalue weighted by Crippen LogP contribution is 2.28. The van der Waals surface area contributed by atoms with Crippen molar-refractivity contribution in [3.63, 3.8) is 0 Å². The molecule has 1 fully saturated rings. The Hall–Kier alpha value is -2.26. The molecule has 0 unspecified atom stereocenters. The second-order valence-corrected chi connectivity index (χ2v) is 8.11. The largest absolute Gasteiger partial charge is 0.497 e. The van der Waals surface area contributed by atoms with E-state index in [4.69, 9.17) is 14.2 Å². The van der Waals surface area contributed by atoms with Gasteiger partial charge in [0, 0.05) is 19.6 Å². The van der Waals surface area contributed by atoms with Gasteiger partial charge in [0.1, 0.15) is 11.5 Å². The van der Waals surface area contributed by atoms with Crippen LogP contribution in [0.25, 0.3) is 0 Å². The van der Waals surface area contributed by atoms with Gasteiger partial charge in [0.25, 0.3) is 0 Å². The first-order chi connectivity index (χ1) is 14.0. The third kappa shape index (κ3) is 5.22. The van der Waals surface area contributed by atoms with Gasteiger partial charge >= 0.3 is 0 Å². The summed E-state index contributed by atoms with van der Waals surface area (Å²) >= 11 is 1.39. The van der Waals surface area contributed by atoms with Crippen LogP contribution >= 0.6 is 11.8 Å². The molecule has 0 amide bonds. The predicted molar refractivity (Wildman–Crippen MR) is 112 cm³/mol. The molecule has 1 aromatic heterocycles. The Labute approximate surface area is 175 Å². The fourth-order valence-corrected chi connectivity index (χ4v) is 3.98. The van der Waals surface area contributed by atoms with Gasteiger partial charge in [0.2, 0.25) is 5.95 Å². The monoisotopic (exact) mass is 420 g/mol. The van der Waals surface area contributed by atoms with Gasteiger partial charge in [-0.15, -0.1) is 10.2 Å². The van der Waals surface area contributed by atoms with Gasteiger partial charge in [-0.05, 0) is 24.1 Å². The summed E-state index contributed by atoms with van der Waals surface area (Å²) in [6, 6.07) is 5.23. The maximum Gasteiger partial charge on any atom is 0.228 e. The number of Topliss-reactive ketones (excluding diaryl/α,β-unsaturated/α-hetero) is 1. The lowest BCUT2D eigenvalue weighted by atomic mass is 10.1. The summed E-state index contributed by atoms with van der Waals surface area (Å²) in [5, 5.41) is 9.53. The second kappa shape index (κ2) is 9.98. The molecule has 2 aromatic rings. The Morgan fingerprint density at radius 1 is 1.21 bits per heavy atom. The molecule has 1 saturated heterocycles. The van der Waals surface area contributed by atoms with E-state index in [9.17, 15) is 4.79 Å². The van der Waals surface area contributed by atoms with Crippen LogP contribution in [0.3, 0.4) is 0 Å². The lowest BCUT2D eigenvalue weighted by Crippen LogP contribution is -2.38. The van der Waals surface area contributed by atoms with Crippen molar-refractivity contribution in [1.82, 2.24) is 14.8 Å². The molecule has 9 heteroatoms. The fourth-order valence-electron chi connectivity index (χ4n) is 3.15. The molecule has 1 aliphatic rings. The molecule has 0 saturated carbocycles. The summed E-state index contributed by atoms with van der Waals surface area (Å²) in [5.41, 5.74) is 0.502. The van der Waals surface area contributed by atoms with E-state index < -0.39 is 0 Å². The number of thioether (sulfide) groups is 1. The van der Waals surface area contributed by atoms with Crippen molar-refractivity contribution < 1.29 is 19.0 Å². The molecular weight excluding hydrogens is 392 g/mol. The zero-order valence-corrected chi connectivity index (χ0v) is 18.2. The number of hydrogen-bond acceptors (Lipinski definition) is 8. The van der Waals surface area contributed by atoms with E-state index >= 15 is 0 Å².